The van der Waals surface area contributed by atoms with Crippen LogP contribution in [-0.2, 0) is 14.8 Å². The van der Waals surface area contributed by atoms with Crippen LogP contribution < -0.4 is 9.04 Å². The summed E-state index contributed by atoms with van der Waals surface area (Å²) in [4.78, 5) is 21.3. The lowest BCUT2D eigenvalue weighted by Crippen LogP contribution is -2.43. The summed E-state index contributed by atoms with van der Waals surface area (Å²) in [7, 11) is -3.38. The number of anilines is 1. The summed E-state index contributed by atoms with van der Waals surface area (Å²) in [6.45, 7) is 1.13. The first-order valence-corrected chi connectivity index (χ1v) is 9.27. The van der Waals surface area contributed by atoms with Gasteiger partial charge in [-0.25, -0.2) is 17.5 Å². The number of ether oxygens (including phenoxy) is 1. The molecule has 0 bridgehead atoms. The van der Waals surface area contributed by atoms with E-state index in [0.29, 0.717) is 4.31 Å². The Kier molecular flexibility index (Phi) is 5.91. The van der Waals surface area contributed by atoms with Crippen molar-refractivity contribution in [3.05, 3.63) is 57.6 Å². The summed E-state index contributed by atoms with van der Waals surface area (Å²) in [6, 6.07) is 7.09. The van der Waals surface area contributed by atoms with E-state index in [-0.39, 0.29) is 16.5 Å². The molecule has 2 rings (SSSR count). The van der Waals surface area contributed by atoms with E-state index in [1.807, 2.05) is 0 Å². The van der Waals surface area contributed by atoms with Gasteiger partial charge in [-0.3, -0.25) is 10.1 Å². The van der Waals surface area contributed by atoms with Gasteiger partial charge < -0.3 is 9.84 Å². The topological polar surface area (TPSA) is 127 Å². The molecule has 9 nitrogen and oxygen atoms in total. The van der Waals surface area contributed by atoms with Crippen molar-refractivity contribution in [2.45, 2.75) is 17.9 Å². The lowest BCUT2D eigenvalue weighted by molar-refractivity contribution is -0.387. The number of carboxylic acids is 1. The van der Waals surface area contributed by atoms with Crippen LogP contribution in [0.3, 0.4) is 0 Å². The van der Waals surface area contributed by atoms with Gasteiger partial charge in [0.1, 0.15) is 11.8 Å². The van der Waals surface area contributed by atoms with Crippen molar-refractivity contribution < 1.29 is 28.0 Å². The molecule has 2 aromatic rings. The predicted molar refractivity (Wildman–Crippen MR) is 97.9 cm³/mol. The van der Waals surface area contributed by atoms with Gasteiger partial charge in [-0.1, -0.05) is 23.7 Å². The Hall–Kier alpha value is -2.85. The minimum Gasteiger partial charge on any atom is -0.495 e. The average molecular weight is 415 g/mol. The molecule has 1 N–H and O–H groups in total. The van der Waals surface area contributed by atoms with Crippen LogP contribution in [0.4, 0.5) is 11.4 Å². The monoisotopic (exact) mass is 414 g/mol. The number of aliphatic carboxylic acids is 1. The number of carbonyl (C=O) groups is 1. The fraction of sp³-hybridized carbons (Fsp3) is 0.188. The van der Waals surface area contributed by atoms with E-state index in [1.54, 1.807) is 0 Å². The third-order valence-corrected chi connectivity index (χ3v) is 5.85. The summed E-state index contributed by atoms with van der Waals surface area (Å²) in [6.07, 6.45) is 0. The number of hydrogen-bond donors (Lipinski definition) is 1. The first-order chi connectivity index (χ1) is 12.6. The summed E-state index contributed by atoms with van der Waals surface area (Å²) >= 11 is 5.95. The third kappa shape index (κ3) is 3.96. The molecule has 0 spiro atoms. The van der Waals surface area contributed by atoms with Crippen LogP contribution in [0, 0.1) is 10.1 Å². The van der Waals surface area contributed by atoms with Crippen LogP contribution in [0.2, 0.25) is 5.02 Å². The maximum atomic E-state index is 13.2. The van der Waals surface area contributed by atoms with Crippen molar-refractivity contribution in [1.29, 1.82) is 0 Å². The Bertz CT molecular complexity index is 994. The molecule has 144 valence electrons. The van der Waals surface area contributed by atoms with Gasteiger partial charge in [0.05, 0.1) is 17.7 Å². The van der Waals surface area contributed by atoms with E-state index in [4.69, 9.17) is 16.3 Å². The summed E-state index contributed by atoms with van der Waals surface area (Å²) in [5.41, 5.74) is -0.834. The second kappa shape index (κ2) is 7.80. The van der Waals surface area contributed by atoms with Gasteiger partial charge in [-0.2, -0.15) is 0 Å². The molecular formula is C16H15ClN2O7S. The number of benzene rings is 2. The van der Waals surface area contributed by atoms with E-state index in [0.717, 1.165) is 19.1 Å². The zero-order valence-electron chi connectivity index (χ0n) is 14.2. The summed E-state index contributed by atoms with van der Waals surface area (Å²) in [5.74, 6) is -1.42. The first-order valence-electron chi connectivity index (χ1n) is 7.45. The van der Waals surface area contributed by atoms with Crippen molar-refractivity contribution in [3.8, 4) is 5.75 Å². The van der Waals surface area contributed by atoms with Crippen LogP contribution >= 0.6 is 11.6 Å². The smallest absolute Gasteiger partial charge is 0.327 e. The van der Waals surface area contributed by atoms with Gasteiger partial charge in [-0.05, 0) is 31.2 Å². The highest BCUT2D eigenvalue weighted by atomic mass is 35.5. The van der Waals surface area contributed by atoms with E-state index in [2.05, 4.69) is 0 Å². The third-order valence-electron chi connectivity index (χ3n) is 3.69. The Balaban J connectivity index is 2.82. The fourth-order valence-corrected chi connectivity index (χ4v) is 4.36. The molecule has 0 amide bonds. The van der Waals surface area contributed by atoms with Crippen molar-refractivity contribution in [1.82, 2.24) is 0 Å². The van der Waals surface area contributed by atoms with Crippen LogP contribution in [0.5, 0.6) is 5.75 Å². The van der Waals surface area contributed by atoms with Gasteiger partial charge >= 0.3 is 5.97 Å². The highest BCUT2D eigenvalue weighted by Crippen LogP contribution is 2.38. The molecular weight excluding hydrogens is 400 g/mol. The van der Waals surface area contributed by atoms with Gasteiger partial charge in [0.2, 0.25) is 0 Å². The molecule has 0 aliphatic heterocycles. The van der Waals surface area contributed by atoms with Crippen molar-refractivity contribution in [2.24, 2.45) is 0 Å². The molecule has 0 fully saturated rings. The average Bonchev–Trinajstić information content (AvgIpc) is 2.61. The van der Waals surface area contributed by atoms with E-state index in [9.17, 15) is 28.4 Å². The Morgan fingerprint density at radius 1 is 1.30 bits per heavy atom. The van der Waals surface area contributed by atoms with Crippen molar-refractivity contribution in [2.75, 3.05) is 11.4 Å². The Morgan fingerprint density at radius 2 is 1.93 bits per heavy atom. The van der Waals surface area contributed by atoms with Crippen LogP contribution in [0.25, 0.3) is 0 Å². The predicted octanol–water partition coefficient (Wildman–Crippen LogP) is 2.93. The molecule has 1 unspecified atom stereocenters. The molecule has 0 heterocycles. The van der Waals surface area contributed by atoms with E-state index in [1.165, 1.54) is 37.4 Å². The van der Waals surface area contributed by atoms with Gasteiger partial charge in [-0.15, -0.1) is 0 Å². The van der Waals surface area contributed by atoms with E-state index < -0.39 is 37.5 Å². The molecule has 0 aliphatic rings. The number of nitro groups is 1. The number of carboxylic acid groups (broad SMARTS) is 1. The number of methoxy groups -OCH3 is 1. The maximum Gasteiger partial charge on any atom is 0.327 e. The SMILES string of the molecule is COc1ccc(Cl)cc1N(C(C)C(=O)O)S(=O)(=O)c1ccccc1[N+](=O)[O-]. The minimum atomic E-state index is -4.65. The van der Waals surface area contributed by atoms with Crippen LogP contribution in [0.15, 0.2) is 47.4 Å². The lowest BCUT2D eigenvalue weighted by atomic mass is 10.2. The highest BCUT2D eigenvalue weighted by Gasteiger charge is 2.38. The molecule has 27 heavy (non-hydrogen) atoms. The first kappa shape index (κ1) is 20.5. The Labute approximate surface area is 159 Å². The van der Waals surface area contributed by atoms with Gasteiger partial charge in [0.25, 0.3) is 15.7 Å². The largest absolute Gasteiger partial charge is 0.495 e. The van der Waals surface area contributed by atoms with Crippen molar-refractivity contribution in [3.63, 3.8) is 0 Å². The second-order valence-corrected chi connectivity index (χ2v) is 7.58. The molecule has 0 radical (unpaired) electrons. The quantitative estimate of drug-likeness (QED) is 0.545. The molecule has 2 aromatic carbocycles. The van der Waals surface area contributed by atoms with Crippen LogP contribution in [0.1, 0.15) is 6.92 Å². The molecule has 0 saturated carbocycles. The molecule has 1 atom stereocenters. The zero-order valence-corrected chi connectivity index (χ0v) is 15.8. The number of halogens is 1. The van der Waals surface area contributed by atoms with Gasteiger partial charge in [0, 0.05) is 11.1 Å². The number of para-hydroxylation sites is 1. The number of nitrogens with zero attached hydrogens (tertiary/aromatic N) is 2. The number of sulfonamides is 1. The minimum absolute atomic E-state index is 0.0367. The van der Waals surface area contributed by atoms with Crippen LogP contribution in [-0.4, -0.2) is 37.6 Å². The highest BCUT2D eigenvalue weighted by molar-refractivity contribution is 7.93. The second-order valence-electron chi connectivity index (χ2n) is 5.36. The van der Waals surface area contributed by atoms with E-state index >= 15 is 0 Å². The van der Waals surface area contributed by atoms with Gasteiger partial charge in [0.15, 0.2) is 4.90 Å². The maximum absolute atomic E-state index is 13.2. The summed E-state index contributed by atoms with van der Waals surface area (Å²) < 4.78 is 32.2. The Morgan fingerprint density at radius 3 is 2.48 bits per heavy atom. The van der Waals surface area contributed by atoms with Crippen molar-refractivity contribution >= 4 is 39.0 Å². The molecule has 0 aromatic heterocycles. The summed E-state index contributed by atoms with van der Waals surface area (Å²) in [5, 5.41) is 20.8. The zero-order chi connectivity index (χ0) is 20.4. The number of hydrogen-bond acceptors (Lipinski definition) is 6. The normalized spacial score (nSPS) is 12.3. The molecule has 0 aliphatic carbocycles. The number of rotatable bonds is 7. The number of nitro benzene ring substituents is 1. The standard InChI is InChI=1S/C16H15ClN2O7S/c1-10(16(20)21)18(13-9-11(17)7-8-14(13)26-2)27(24,25)15-6-4-3-5-12(15)19(22)23/h3-10H,1-2H3,(H,20,21). The molecule has 0 saturated heterocycles. The fourth-order valence-electron chi connectivity index (χ4n) is 2.41. The molecule has 11 heteroatoms. The lowest BCUT2D eigenvalue weighted by Gasteiger charge is -2.29.